The quantitative estimate of drug-likeness (QED) is 0.161. The molecule has 0 fully saturated rings. The summed E-state index contributed by atoms with van der Waals surface area (Å²) in [6.45, 7) is 18.6. The topological polar surface area (TPSA) is 6.48 Å². The largest absolute Gasteiger partial charge is 0.338 e. The van der Waals surface area contributed by atoms with Crippen molar-refractivity contribution in [2.24, 2.45) is 5.92 Å². The van der Waals surface area contributed by atoms with Crippen LogP contribution in [0, 0.1) is 5.92 Å². The van der Waals surface area contributed by atoms with Crippen LogP contribution in [-0.2, 0) is 32.1 Å². The second-order valence-electron chi connectivity index (χ2n) is 17.4. The van der Waals surface area contributed by atoms with Crippen LogP contribution in [0.25, 0.3) is 11.6 Å². The molecule has 0 N–H and O–H groups in total. The molecule has 2 nitrogen and oxygen atoms in total. The first kappa shape index (κ1) is 40.2. The summed E-state index contributed by atoms with van der Waals surface area (Å²) in [6, 6.07) is 20.0. The lowest BCUT2D eigenvalue weighted by Crippen LogP contribution is -2.37. The van der Waals surface area contributed by atoms with Crippen LogP contribution in [0.3, 0.4) is 0 Å². The molecule has 2 heteroatoms. The molecule has 5 aliphatic rings. The molecule has 0 saturated carbocycles. The lowest BCUT2D eigenvalue weighted by atomic mass is 9.72. The average Bonchev–Trinajstić information content (AvgIpc) is 3.27. The second kappa shape index (κ2) is 17.3. The van der Waals surface area contributed by atoms with Gasteiger partial charge in [-0.15, -0.1) is 0 Å². The number of benzene rings is 3. The molecule has 0 heterocycles. The summed E-state index contributed by atoms with van der Waals surface area (Å²) in [5.41, 5.74) is 23.5. The van der Waals surface area contributed by atoms with E-state index >= 15 is 0 Å². The van der Waals surface area contributed by atoms with Crippen molar-refractivity contribution >= 4 is 23.0 Å². The second-order valence-corrected chi connectivity index (χ2v) is 17.4. The van der Waals surface area contributed by atoms with Crippen LogP contribution < -0.4 is 4.90 Å². The number of aryl methyl sites for hydroxylation is 4. The summed E-state index contributed by atoms with van der Waals surface area (Å²) < 4.78 is 0. The van der Waals surface area contributed by atoms with Gasteiger partial charge in [0.05, 0.1) is 12.1 Å². The average molecular weight is 769 g/mol. The van der Waals surface area contributed by atoms with Crippen LogP contribution in [0.15, 0.2) is 119 Å². The summed E-state index contributed by atoms with van der Waals surface area (Å²) in [5.74, 6) is 1.05. The van der Waals surface area contributed by atoms with Crippen molar-refractivity contribution in [3.05, 3.63) is 164 Å². The van der Waals surface area contributed by atoms with E-state index in [1.807, 2.05) is 0 Å². The van der Waals surface area contributed by atoms with Gasteiger partial charge in [-0.05, 0) is 175 Å². The molecule has 4 unspecified atom stereocenters. The Morgan fingerprint density at radius 3 is 1.93 bits per heavy atom. The molecule has 5 aliphatic carbocycles. The molecule has 58 heavy (non-hydrogen) atoms. The Morgan fingerprint density at radius 2 is 1.31 bits per heavy atom. The Hall–Kier alpha value is -4.56. The van der Waals surface area contributed by atoms with Gasteiger partial charge in [-0.1, -0.05) is 127 Å². The molecule has 0 spiro atoms. The highest BCUT2D eigenvalue weighted by Gasteiger charge is 2.36. The van der Waals surface area contributed by atoms with E-state index in [4.69, 9.17) is 0 Å². The zero-order valence-electron chi connectivity index (χ0n) is 36.9. The van der Waals surface area contributed by atoms with Crippen LogP contribution >= 0.6 is 0 Å². The highest BCUT2D eigenvalue weighted by atomic mass is 15.2. The molecule has 4 atom stereocenters. The fourth-order valence-corrected chi connectivity index (χ4v) is 11.2. The summed E-state index contributed by atoms with van der Waals surface area (Å²) in [4.78, 5) is 5.42. The minimum Gasteiger partial charge on any atom is -0.338 e. The van der Waals surface area contributed by atoms with Gasteiger partial charge in [0.2, 0.25) is 0 Å². The third kappa shape index (κ3) is 7.35. The number of hydrogen-bond donors (Lipinski definition) is 0. The SMILES string of the molecule is CCC1=CC(N(C2=Cc3ccc4c5c3C(C=CC5=CC(N(c3ccc(CC)c(CC)c3)c3ccc(CC)c(CC)c3)C4)C2)C2C=CC(CC)=C(CC)C2)=CCC1CC. The van der Waals surface area contributed by atoms with Crippen molar-refractivity contribution < 1.29 is 0 Å². The lowest BCUT2D eigenvalue weighted by Gasteiger charge is -2.43. The number of allylic oxidation sites excluding steroid dienone is 9. The number of rotatable bonds is 14. The molecule has 0 aromatic heterocycles. The Kier molecular flexibility index (Phi) is 12.0. The minimum absolute atomic E-state index is 0.220. The maximum Gasteiger partial charge on any atom is 0.0571 e. The van der Waals surface area contributed by atoms with Crippen molar-refractivity contribution in [1.29, 1.82) is 0 Å². The first-order valence-corrected chi connectivity index (χ1v) is 23.2. The van der Waals surface area contributed by atoms with Gasteiger partial charge in [0.1, 0.15) is 0 Å². The Balaban J connectivity index is 1.20. The van der Waals surface area contributed by atoms with Gasteiger partial charge in [0.15, 0.2) is 0 Å². The molecule has 0 bridgehead atoms. The van der Waals surface area contributed by atoms with Crippen molar-refractivity contribution in [1.82, 2.24) is 4.90 Å². The molecule has 3 aromatic rings. The first-order valence-electron chi connectivity index (χ1n) is 23.2. The maximum atomic E-state index is 2.76. The van der Waals surface area contributed by atoms with E-state index in [1.165, 1.54) is 73.7 Å². The number of anilines is 2. The smallest absolute Gasteiger partial charge is 0.0571 e. The normalized spacial score (nSPS) is 21.9. The standard InChI is InChI=1S/C56H68N2/c1-9-37-21-25-49(29-41(37)13-5)57(50-26-22-38(10-2)42(14-6)30-50)53-33-45-17-19-47-35-54(36-48-20-18-46(34-53)55(45)56(47)48)58(51-27-23-39(11-3)43(15-7)31-51)52-28-24-40(12-4)44(16-8)32-52/h17-23,25-30,32-33,36,40,47,51,53H,9-16,24,31,34-35H2,1-8H3. The molecule has 302 valence electrons. The summed E-state index contributed by atoms with van der Waals surface area (Å²) in [6.07, 6.45) is 33.5. The molecule has 8 rings (SSSR count). The molecule has 0 saturated heterocycles. The van der Waals surface area contributed by atoms with E-state index in [9.17, 15) is 0 Å². The zero-order valence-corrected chi connectivity index (χ0v) is 36.9. The molecular formula is C56H68N2. The van der Waals surface area contributed by atoms with E-state index in [2.05, 4.69) is 162 Å². The molecule has 0 amide bonds. The Labute approximate surface area is 351 Å². The molecule has 0 aliphatic heterocycles. The van der Waals surface area contributed by atoms with E-state index < -0.39 is 0 Å². The summed E-state index contributed by atoms with van der Waals surface area (Å²) >= 11 is 0. The van der Waals surface area contributed by atoms with Gasteiger partial charge in [-0.2, -0.15) is 0 Å². The van der Waals surface area contributed by atoms with Crippen molar-refractivity contribution in [3.8, 4) is 0 Å². The van der Waals surface area contributed by atoms with Crippen LogP contribution in [0.2, 0.25) is 0 Å². The fourth-order valence-electron chi connectivity index (χ4n) is 11.2. The van der Waals surface area contributed by atoms with Gasteiger partial charge in [-0.25, -0.2) is 0 Å². The minimum atomic E-state index is 0.220. The van der Waals surface area contributed by atoms with Gasteiger partial charge >= 0.3 is 0 Å². The van der Waals surface area contributed by atoms with Crippen LogP contribution in [0.5, 0.6) is 0 Å². The van der Waals surface area contributed by atoms with Crippen LogP contribution in [0.1, 0.15) is 151 Å². The Morgan fingerprint density at radius 1 is 0.603 bits per heavy atom. The van der Waals surface area contributed by atoms with E-state index in [-0.39, 0.29) is 6.04 Å². The van der Waals surface area contributed by atoms with Crippen molar-refractivity contribution in [2.75, 3.05) is 4.90 Å². The van der Waals surface area contributed by atoms with E-state index in [0.717, 1.165) is 70.6 Å². The Bertz CT molecular complexity index is 2210. The predicted octanol–water partition coefficient (Wildman–Crippen LogP) is 14.9. The van der Waals surface area contributed by atoms with E-state index in [0.29, 0.717) is 17.9 Å². The van der Waals surface area contributed by atoms with Gasteiger partial charge in [0, 0.05) is 28.7 Å². The first-order chi connectivity index (χ1) is 28.4. The monoisotopic (exact) mass is 769 g/mol. The number of nitrogens with zero attached hydrogens (tertiary/aromatic N) is 2. The third-order valence-electron chi connectivity index (χ3n) is 14.4. The number of hydrogen-bond acceptors (Lipinski definition) is 2. The molecular weight excluding hydrogens is 701 g/mol. The maximum absolute atomic E-state index is 2.76. The zero-order chi connectivity index (χ0) is 40.5. The highest BCUT2D eigenvalue weighted by molar-refractivity contribution is 5.87. The van der Waals surface area contributed by atoms with Crippen LogP contribution in [0.4, 0.5) is 11.4 Å². The predicted molar refractivity (Wildman–Crippen MR) is 251 cm³/mol. The lowest BCUT2D eigenvalue weighted by molar-refractivity contribution is 0.343. The molecule has 3 aromatic carbocycles. The summed E-state index contributed by atoms with van der Waals surface area (Å²) in [5, 5.41) is 0. The highest BCUT2D eigenvalue weighted by Crippen LogP contribution is 2.49. The fraction of sp³-hybridized carbons (Fsp3) is 0.429. The van der Waals surface area contributed by atoms with Crippen molar-refractivity contribution in [2.45, 2.75) is 150 Å². The summed E-state index contributed by atoms with van der Waals surface area (Å²) in [7, 11) is 0. The van der Waals surface area contributed by atoms with E-state index in [1.54, 1.807) is 22.3 Å². The van der Waals surface area contributed by atoms with Gasteiger partial charge in [-0.3, -0.25) is 0 Å². The van der Waals surface area contributed by atoms with Crippen molar-refractivity contribution in [3.63, 3.8) is 0 Å². The van der Waals surface area contributed by atoms with Crippen LogP contribution in [-0.4, -0.2) is 17.0 Å². The molecule has 0 radical (unpaired) electrons. The third-order valence-corrected chi connectivity index (χ3v) is 14.4. The van der Waals surface area contributed by atoms with Gasteiger partial charge < -0.3 is 9.80 Å². The van der Waals surface area contributed by atoms with Gasteiger partial charge in [0.25, 0.3) is 0 Å².